The van der Waals surface area contributed by atoms with Gasteiger partial charge in [-0.25, -0.2) is 0 Å². The molecule has 0 aliphatic heterocycles. The standard InChI is InChI=1S/C18H28BrNO/c1-3-11-20-17-8-6-4-5-7-14(17)12-15-13-16(19)9-10-18(15)21-2/h9-10,13-14,17,20H,3-8,11-12H2,1-2H3. The van der Waals surface area contributed by atoms with Gasteiger partial charge in [0.1, 0.15) is 5.75 Å². The van der Waals surface area contributed by atoms with Crippen molar-refractivity contribution in [2.24, 2.45) is 5.92 Å². The summed E-state index contributed by atoms with van der Waals surface area (Å²) < 4.78 is 6.69. The van der Waals surface area contributed by atoms with Crippen molar-refractivity contribution in [1.82, 2.24) is 5.32 Å². The minimum absolute atomic E-state index is 0.663. The summed E-state index contributed by atoms with van der Waals surface area (Å²) in [6, 6.07) is 7.02. The third kappa shape index (κ3) is 5.00. The highest BCUT2D eigenvalue weighted by atomic mass is 79.9. The molecule has 0 amide bonds. The van der Waals surface area contributed by atoms with Gasteiger partial charge in [0.25, 0.3) is 0 Å². The Hall–Kier alpha value is -0.540. The van der Waals surface area contributed by atoms with E-state index in [2.05, 4.69) is 46.4 Å². The van der Waals surface area contributed by atoms with Crippen molar-refractivity contribution in [3.63, 3.8) is 0 Å². The van der Waals surface area contributed by atoms with Crippen LogP contribution in [-0.2, 0) is 6.42 Å². The molecule has 2 unspecified atom stereocenters. The van der Waals surface area contributed by atoms with E-state index in [0.717, 1.165) is 29.1 Å². The molecule has 118 valence electrons. The molecule has 2 atom stereocenters. The van der Waals surface area contributed by atoms with Gasteiger partial charge in [0.2, 0.25) is 0 Å². The lowest BCUT2D eigenvalue weighted by Gasteiger charge is -2.27. The quantitative estimate of drug-likeness (QED) is 0.730. The van der Waals surface area contributed by atoms with Gasteiger partial charge in [-0.05, 0) is 61.9 Å². The van der Waals surface area contributed by atoms with Crippen LogP contribution >= 0.6 is 15.9 Å². The molecule has 0 radical (unpaired) electrons. The number of nitrogens with one attached hydrogen (secondary N) is 1. The highest BCUT2D eigenvalue weighted by Crippen LogP contribution is 2.31. The van der Waals surface area contributed by atoms with Crippen LogP contribution < -0.4 is 10.1 Å². The molecule has 3 heteroatoms. The van der Waals surface area contributed by atoms with E-state index >= 15 is 0 Å². The molecule has 1 aliphatic carbocycles. The fourth-order valence-corrected chi connectivity index (χ4v) is 3.82. The van der Waals surface area contributed by atoms with Gasteiger partial charge in [0.15, 0.2) is 0 Å². The fourth-order valence-electron chi connectivity index (χ4n) is 3.42. The van der Waals surface area contributed by atoms with E-state index in [1.807, 2.05) is 0 Å². The van der Waals surface area contributed by atoms with E-state index in [9.17, 15) is 0 Å². The Kier molecular flexibility index (Phi) is 7.05. The van der Waals surface area contributed by atoms with E-state index in [4.69, 9.17) is 4.74 Å². The molecule has 2 rings (SSSR count). The van der Waals surface area contributed by atoms with Crippen LogP contribution in [0.25, 0.3) is 0 Å². The van der Waals surface area contributed by atoms with E-state index in [-0.39, 0.29) is 0 Å². The van der Waals surface area contributed by atoms with E-state index in [0.29, 0.717) is 6.04 Å². The van der Waals surface area contributed by atoms with Gasteiger partial charge >= 0.3 is 0 Å². The molecule has 0 bridgehead atoms. The third-order valence-corrected chi connectivity index (χ3v) is 5.03. The summed E-state index contributed by atoms with van der Waals surface area (Å²) in [7, 11) is 1.77. The number of methoxy groups -OCH3 is 1. The molecule has 1 fully saturated rings. The van der Waals surface area contributed by atoms with Crippen LogP contribution in [0, 0.1) is 5.92 Å². The predicted octanol–water partition coefficient (Wildman–Crippen LogP) is 4.95. The van der Waals surface area contributed by atoms with Crippen molar-refractivity contribution >= 4 is 15.9 Å². The number of hydrogen-bond donors (Lipinski definition) is 1. The first-order valence-electron chi connectivity index (χ1n) is 8.30. The van der Waals surface area contributed by atoms with Gasteiger partial charge in [0, 0.05) is 10.5 Å². The van der Waals surface area contributed by atoms with E-state index < -0.39 is 0 Å². The number of ether oxygens (including phenoxy) is 1. The van der Waals surface area contributed by atoms with Crippen LogP contribution in [0.1, 0.15) is 51.0 Å². The summed E-state index contributed by atoms with van der Waals surface area (Å²) in [5.41, 5.74) is 1.34. The van der Waals surface area contributed by atoms with Crippen molar-refractivity contribution in [3.05, 3.63) is 28.2 Å². The lowest BCUT2D eigenvalue weighted by molar-refractivity contribution is 0.327. The zero-order chi connectivity index (χ0) is 15.1. The maximum absolute atomic E-state index is 5.55. The number of rotatable bonds is 6. The Balaban J connectivity index is 2.11. The van der Waals surface area contributed by atoms with E-state index in [1.54, 1.807) is 7.11 Å². The van der Waals surface area contributed by atoms with Gasteiger partial charge < -0.3 is 10.1 Å². The Bertz CT molecular complexity index is 435. The van der Waals surface area contributed by atoms with Gasteiger partial charge in [-0.3, -0.25) is 0 Å². The van der Waals surface area contributed by atoms with Crippen molar-refractivity contribution in [3.8, 4) is 5.75 Å². The normalized spacial score (nSPS) is 22.8. The van der Waals surface area contributed by atoms with E-state index in [1.165, 1.54) is 44.1 Å². The highest BCUT2D eigenvalue weighted by Gasteiger charge is 2.24. The van der Waals surface area contributed by atoms with Crippen LogP contribution in [0.3, 0.4) is 0 Å². The molecule has 0 spiro atoms. The molecule has 1 aromatic rings. The molecule has 1 saturated carbocycles. The number of hydrogen-bond acceptors (Lipinski definition) is 2. The first-order chi connectivity index (χ1) is 10.2. The summed E-state index contributed by atoms with van der Waals surface area (Å²) in [5.74, 6) is 1.75. The lowest BCUT2D eigenvalue weighted by atomic mass is 9.88. The summed E-state index contributed by atoms with van der Waals surface area (Å²) >= 11 is 3.59. The van der Waals surface area contributed by atoms with Crippen LogP contribution in [0.15, 0.2) is 22.7 Å². The zero-order valence-electron chi connectivity index (χ0n) is 13.3. The Morgan fingerprint density at radius 3 is 2.81 bits per heavy atom. The van der Waals surface area contributed by atoms with Gasteiger partial charge in [-0.15, -0.1) is 0 Å². The largest absolute Gasteiger partial charge is 0.496 e. The predicted molar refractivity (Wildman–Crippen MR) is 93.1 cm³/mol. The first kappa shape index (κ1) is 16.8. The maximum atomic E-state index is 5.55. The smallest absolute Gasteiger partial charge is 0.122 e. The molecule has 1 aliphatic rings. The molecule has 1 N–H and O–H groups in total. The molecule has 0 aromatic heterocycles. The van der Waals surface area contributed by atoms with Crippen molar-refractivity contribution in [2.75, 3.05) is 13.7 Å². The molecular formula is C18H28BrNO. The summed E-state index contributed by atoms with van der Waals surface area (Å²) in [5, 5.41) is 3.78. The third-order valence-electron chi connectivity index (χ3n) is 4.54. The second kappa shape index (κ2) is 8.79. The number of benzene rings is 1. The number of halogens is 1. The van der Waals surface area contributed by atoms with Crippen LogP contribution in [0.2, 0.25) is 0 Å². The first-order valence-corrected chi connectivity index (χ1v) is 9.09. The molecule has 2 nitrogen and oxygen atoms in total. The monoisotopic (exact) mass is 353 g/mol. The molecule has 21 heavy (non-hydrogen) atoms. The molecular weight excluding hydrogens is 326 g/mol. The van der Waals surface area contributed by atoms with Crippen LogP contribution in [0.4, 0.5) is 0 Å². The lowest BCUT2D eigenvalue weighted by Crippen LogP contribution is -2.37. The zero-order valence-corrected chi connectivity index (χ0v) is 14.9. The minimum Gasteiger partial charge on any atom is -0.496 e. The molecule has 0 heterocycles. The average molecular weight is 354 g/mol. The average Bonchev–Trinajstić information content (AvgIpc) is 2.71. The van der Waals surface area contributed by atoms with Gasteiger partial charge in [-0.2, -0.15) is 0 Å². The second-order valence-corrected chi connectivity index (χ2v) is 7.03. The van der Waals surface area contributed by atoms with Crippen molar-refractivity contribution in [2.45, 2.75) is 57.9 Å². The van der Waals surface area contributed by atoms with Gasteiger partial charge in [0.05, 0.1) is 7.11 Å². The summed E-state index contributed by atoms with van der Waals surface area (Å²) in [6.07, 6.45) is 9.10. The highest BCUT2D eigenvalue weighted by molar-refractivity contribution is 9.10. The van der Waals surface area contributed by atoms with Crippen molar-refractivity contribution < 1.29 is 4.74 Å². The Morgan fingerprint density at radius 1 is 1.24 bits per heavy atom. The minimum atomic E-state index is 0.663. The molecule has 1 aromatic carbocycles. The molecule has 0 saturated heterocycles. The maximum Gasteiger partial charge on any atom is 0.122 e. The topological polar surface area (TPSA) is 21.3 Å². The fraction of sp³-hybridized carbons (Fsp3) is 0.667. The second-order valence-electron chi connectivity index (χ2n) is 6.12. The Morgan fingerprint density at radius 2 is 2.05 bits per heavy atom. The van der Waals surface area contributed by atoms with Gasteiger partial charge in [-0.1, -0.05) is 42.1 Å². The van der Waals surface area contributed by atoms with Crippen molar-refractivity contribution in [1.29, 1.82) is 0 Å². The van der Waals surface area contributed by atoms with Crippen LogP contribution in [0.5, 0.6) is 5.75 Å². The Labute approximate surface area is 137 Å². The van der Waals surface area contributed by atoms with Crippen LogP contribution in [-0.4, -0.2) is 19.7 Å². The SMILES string of the molecule is CCCNC1CCCCCC1Cc1cc(Br)ccc1OC. The summed E-state index contributed by atoms with van der Waals surface area (Å²) in [4.78, 5) is 0. The summed E-state index contributed by atoms with van der Waals surface area (Å²) in [6.45, 7) is 3.38.